The van der Waals surface area contributed by atoms with Gasteiger partial charge in [-0.15, -0.1) is 0 Å². The first kappa shape index (κ1) is 10.5. The molecule has 0 aliphatic rings. The third kappa shape index (κ3) is 3.05. The monoisotopic (exact) mass is 190 g/mol. The molecule has 0 amide bonds. The Labute approximate surface area is 83.9 Å². The van der Waals surface area contributed by atoms with E-state index in [1.165, 1.54) is 17.2 Å². The molecule has 74 valence electrons. The molecule has 0 fully saturated rings. The standard InChI is InChI=1S/C12H14O2/c1-9(8-12(13)14)7-11-6-4-3-5-10(11)2/h3-6,8H,7H2,1-2H3,(H,13,14)/b9-8-. The molecule has 1 rings (SSSR count). The van der Waals surface area contributed by atoms with E-state index in [9.17, 15) is 4.79 Å². The maximum Gasteiger partial charge on any atom is 0.328 e. The molecule has 0 spiro atoms. The lowest BCUT2D eigenvalue weighted by Gasteiger charge is -2.04. The van der Waals surface area contributed by atoms with E-state index in [2.05, 4.69) is 0 Å². The summed E-state index contributed by atoms with van der Waals surface area (Å²) in [5.41, 5.74) is 3.25. The van der Waals surface area contributed by atoms with Crippen molar-refractivity contribution in [2.45, 2.75) is 20.3 Å². The number of rotatable bonds is 3. The highest BCUT2D eigenvalue weighted by molar-refractivity contribution is 5.80. The summed E-state index contributed by atoms with van der Waals surface area (Å²) in [6.45, 7) is 3.87. The second-order valence-electron chi connectivity index (χ2n) is 3.43. The van der Waals surface area contributed by atoms with Crippen molar-refractivity contribution in [3.05, 3.63) is 47.0 Å². The summed E-state index contributed by atoms with van der Waals surface area (Å²) in [6, 6.07) is 8.00. The first-order valence-corrected chi connectivity index (χ1v) is 4.54. The van der Waals surface area contributed by atoms with E-state index in [0.29, 0.717) is 6.42 Å². The van der Waals surface area contributed by atoms with E-state index >= 15 is 0 Å². The Kier molecular flexibility index (Phi) is 3.46. The fourth-order valence-corrected chi connectivity index (χ4v) is 1.37. The fraction of sp³-hybridized carbons (Fsp3) is 0.250. The minimum absolute atomic E-state index is 0.707. The molecule has 14 heavy (non-hydrogen) atoms. The van der Waals surface area contributed by atoms with Crippen LogP contribution >= 0.6 is 0 Å². The Morgan fingerprint density at radius 2 is 2.07 bits per heavy atom. The van der Waals surface area contributed by atoms with E-state index < -0.39 is 5.97 Å². The van der Waals surface area contributed by atoms with Gasteiger partial charge in [-0.2, -0.15) is 0 Å². The zero-order chi connectivity index (χ0) is 10.6. The molecular weight excluding hydrogens is 176 g/mol. The largest absolute Gasteiger partial charge is 0.478 e. The minimum Gasteiger partial charge on any atom is -0.478 e. The molecule has 0 bridgehead atoms. The third-order valence-electron chi connectivity index (χ3n) is 2.10. The average molecular weight is 190 g/mol. The van der Waals surface area contributed by atoms with Gasteiger partial charge in [-0.25, -0.2) is 4.79 Å². The Bertz CT molecular complexity index is 364. The lowest BCUT2D eigenvalue weighted by Crippen LogP contribution is -1.94. The van der Waals surface area contributed by atoms with Gasteiger partial charge in [0.05, 0.1) is 0 Å². The maximum absolute atomic E-state index is 10.4. The summed E-state index contributed by atoms with van der Waals surface area (Å²) in [5.74, 6) is -0.879. The van der Waals surface area contributed by atoms with Crippen molar-refractivity contribution < 1.29 is 9.90 Å². The van der Waals surface area contributed by atoms with Crippen LogP contribution in [0.25, 0.3) is 0 Å². The maximum atomic E-state index is 10.4. The lowest BCUT2D eigenvalue weighted by molar-refractivity contribution is -0.131. The summed E-state index contributed by atoms with van der Waals surface area (Å²) in [5, 5.41) is 8.55. The minimum atomic E-state index is -0.879. The lowest BCUT2D eigenvalue weighted by atomic mass is 10.0. The van der Waals surface area contributed by atoms with Gasteiger partial charge in [0, 0.05) is 6.08 Å². The Morgan fingerprint density at radius 1 is 1.43 bits per heavy atom. The number of benzene rings is 1. The molecule has 0 aliphatic heterocycles. The van der Waals surface area contributed by atoms with Gasteiger partial charge in [-0.1, -0.05) is 29.8 Å². The topological polar surface area (TPSA) is 37.3 Å². The number of aryl methyl sites for hydroxylation is 1. The number of carboxylic acids is 1. The zero-order valence-electron chi connectivity index (χ0n) is 8.45. The molecule has 1 aromatic carbocycles. The van der Waals surface area contributed by atoms with Gasteiger partial charge in [0.1, 0.15) is 0 Å². The highest BCUT2D eigenvalue weighted by atomic mass is 16.4. The number of carboxylic acid groups (broad SMARTS) is 1. The number of carbonyl (C=O) groups is 1. The fourth-order valence-electron chi connectivity index (χ4n) is 1.37. The zero-order valence-corrected chi connectivity index (χ0v) is 8.45. The molecule has 0 atom stereocenters. The van der Waals surface area contributed by atoms with Gasteiger partial charge in [0.25, 0.3) is 0 Å². The SMILES string of the molecule is C/C(=C/C(=O)O)Cc1ccccc1C. The van der Waals surface area contributed by atoms with Crippen LogP contribution in [0.15, 0.2) is 35.9 Å². The van der Waals surface area contributed by atoms with Gasteiger partial charge in [-0.3, -0.25) is 0 Å². The summed E-state index contributed by atoms with van der Waals surface area (Å²) in [7, 11) is 0. The average Bonchev–Trinajstić information content (AvgIpc) is 2.07. The summed E-state index contributed by atoms with van der Waals surface area (Å²) in [4.78, 5) is 10.4. The molecule has 0 aliphatic carbocycles. The number of hydrogen-bond acceptors (Lipinski definition) is 1. The van der Waals surface area contributed by atoms with Crippen LogP contribution in [-0.2, 0) is 11.2 Å². The van der Waals surface area contributed by atoms with Crippen molar-refractivity contribution in [3.63, 3.8) is 0 Å². The van der Waals surface area contributed by atoms with Crippen LogP contribution in [-0.4, -0.2) is 11.1 Å². The molecule has 0 aromatic heterocycles. The summed E-state index contributed by atoms with van der Waals surface area (Å²) >= 11 is 0. The molecule has 0 heterocycles. The van der Waals surface area contributed by atoms with E-state index in [4.69, 9.17) is 5.11 Å². The predicted octanol–water partition coefficient (Wildman–Crippen LogP) is 2.57. The Hall–Kier alpha value is -1.57. The van der Waals surface area contributed by atoms with E-state index in [0.717, 1.165) is 5.57 Å². The molecule has 0 saturated carbocycles. The van der Waals surface area contributed by atoms with Crippen molar-refractivity contribution >= 4 is 5.97 Å². The van der Waals surface area contributed by atoms with Crippen LogP contribution in [0, 0.1) is 6.92 Å². The van der Waals surface area contributed by atoms with Crippen molar-refractivity contribution in [1.82, 2.24) is 0 Å². The number of aliphatic carboxylic acids is 1. The Morgan fingerprint density at radius 3 is 2.64 bits per heavy atom. The normalized spacial score (nSPS) is 11.4. The molecule has 0 radical (unpaired) electrons. The molecule has 0 saturated heterocycles. The highest BCUT2D eigenvalue weighted by Crippen LogP contribution is 2.12. The Balaban J connectivity index is 2.79. The molecular formula is C12H14O2. The molecule has 1 aromatic rings. The highest BCUT2D eigenvalue weighted by Gasteiger charge is 1.99. The van der Waals surface area contributed by atoms with E-state index in [1.54, 1.807) is 0 Å². The molecule has 2 heteroatoms. The van der Waals surface area contributed by atoms with Gasteiger partial charge in [0.2, 0.25) is 0 Å². The first-order valence-electron chi connectivity index (χ1n) is 4.54. The predicted molar refractivity (Wildman–Crippen MR) is 56.3 cm³/mol. The molecule has 1 N–H and O–H groups in total. The number of allylic oxidation sites excluding steroid dienone is 1. The number of hydrogen-bond donors (Lipinski definition) is 1. The second kappa shape index (κ2) is 4.61. The van der Waals surface area contributed by atoms with Crippen molar-refractivity contribution in [2.24, 2.45) is 0 Å². The van der Waals surface area contributed by atoms with Crippen molar-refractivity contribution in [3.8, 4) is 0 Å². The van der Waals surface area contributed by atoms with Gasteiger partial charge in [-0.05, 0) is 31.4 Å². The first-order chi connectivity index (χ1) is 6.59. The third-order valence-corrected chi connectivity index (χ3v) is 2.10. The van der Waals surface area contributed by atoms with Crippen LogP contribution in [0.1, 0.15) is 18.1 Å². The summed E-state index contributed by atoms with van der Waals surface area (Å²) < 4.78 is 0. The van der Waals surface area contributed by atoms with Crippen molar-refractivity contribution in [1.29, 1.82) is 0 Å². The van der Waals surface area contributed by atoms with Gasteiger partial charge >= 0.3 is 5.97 Å². The smallest absolute Gasteiger partial charge is 0.328 e. The van der Waals surface area contributed by atoms with Crippen LogP contribution in [0.2, 0.25) is 0 Å². The van der Waals surface area contributed by atoms with Gasteiger partial charge < -0.3 is 5.11 Å². The van der Waals surface area contributed by atoms with Crippen LogP contribution in [0.4, 0.5) is 0 Å². The van der Waals surface area contributed by atoms with Crippen LogP contribution < -0.4 is 0 Å². The molecule has 0 unspecified atom stereocenters. The second-order valence-corrected chi connectivity index (χ2v) is 3.43. The van der Waals surface area contributed by atoms with Crippen LogP contribution in [0.3, 0.4) is 0 Å². The quantitative estimate of drug-likeness (QED) is 0.744. The van der Waals surface area contributed by atoms with Crippen molar-refractivity contribution in [2.75, 3.05) is 0 Å². The molecule has 2 nitrogen and oxygen atoms in total. The van der Waals surface area contributed by atoms with Gasteiger partial charge in [0.15, 0.2) is 0 Å². The van der Waals surface area contributed by atoms with Crippen LogP contribution in [0.5, 0.6) is 0 Å². The van der Waals surface area contributed by atoms with E-state index in [-0.39, 0.29) is 0 Å². The summed E-state index contributed by atoms with van der Waals surface area (Å²) in [6.07, 6.45) is 1.96. The van der Waals surface area contributed by atoms with E-state index in [1.807, 2.05) is 38.1 Å².